The lowest BCUT2D eigenvalue weighted by Gasteiger charge is -2.07. The number of aryl methyl sites for hydroxylation is 1. The summed E-state index contributed by atoms with van der Waals surface area (Å²) < 4.78 is 0. The standard InChI is InChI=1S/C12H16O2/c1-9(2)6-7-10-4-3-5-12(14)11(10)8-13/h3-5,8-9,14H,6-7H2,1-2H3. The lowest BCUT2D eigenvalue weighted by atomic mass is 9.98. The van der Waals surface area contributed by atoms with Gasteiger partial charge in [0.05, 0.1) is 5.56 Å². The Morgan fingerprint density at radius 2 is 2.14 bits per heavy atom. The van der Waals surface area contributed by atoms with Gasteiger partial charge in [0, 0.05) is 0 Å². The third kappa shape index (κ3) is 2.59. The molecule has 0 unspecified atom stereocenters. The number of rotatable bonds is 4. The number of phenolic OH excluding ortho intramolecular Hbond substituents is 1. The van der Waals surface area contributed by atoms with Gasteiger partial charge >= 0.3 is 0 Å². The van der Waals surface area contributed by atoms with Crippen LogP contribution in [0.15, 0.2) is 18.2 Å². The molecule has 0 aliphatic rings. The molecular weight excluding hydrogens is 176 g/mol. The quantitative estimate of drug-likeness (QED) is 0.745. The second-order valence-corrected chi connectivity index (χ2v) is 3.90. The van der Waals surface area contributed by atoms with Crippen LogP contribution in [0.2, 0.25) is 0 Å². The van der Waals surface area contributed by atoms with Gasteiger partial charge in [-0.25, -0.2) is 0 Å². The minimum absolute atomic E-state index is 0.0845. The Kier molecular flexibility index (Phi) is 3.69. The summed E-state index contributed by atoms with van der Waals surface area (Å²) in [6.45, 7) is 4.28. The van der Waals surface area contributed by atoms with Crippen molar-refractivity contribution in [1.29, 1.82) is 0 Å². The largest absolute Gasteiger partial charge is 0.507 e. The molecule has 76 valence electrons. The minimum Gasteiger partial charge on any atom is -0.507 e. The Labute approximate surface area is 84.6 Å². The zero-order chi connectivity index (χ0) is 10.6. The zero-order valence-corrected chi connectivity index (χ0v) is 8.66. The molecule has 0 saturated carbocycles. The van der Waals surface area contributed by atoms with Crippen LogP contribution in [0.3, 0.4) is 0 Å². The van der Waals surface area contributed by atoms with E-state index in [0.29, 0.717) is 11.5 Å². The monoisotopic (exact) mass is 192 g/mol. The third-order valence-corrected chi connectivity index (χ3v) is 2.28. The van der Waals surface area contributed by atoms with E-state index in [9.17, 15) is 9.90 Å². The van der Waals surface area contributed by atoms with Crippen molar-refractivity contribution in [3.63, 3.8) is 0 Å². The van der Waals surface area contributed by atoms with Gasteiger partial charge in [-0.3, -0.25) is 4.79 Å². The number of phenols is 1. The first-order chi connectivity index (χ1) is 6.65. The molecule has 0 bridgehead atoms. The first-order valence-electron chi connectivity index (χ1n) is 4.91. The molecule has 0 atom stereocenters. The zero-order valence-electron chi connectivity index (χ0n) is 8.66. The summed E-state index contributed by atoms with van der Waals surface area (Å²) in [5.41, 5.74) is 1.38. The Balaban J connectivity index is 2.85. The fourth-order valence-corrected chi connectivity index (χ4v) is 1.40. The van der Waals surface area contributed by atoms with Gasteiger partial charge in [0.1, 0.15) is 5.75 Å². The Bertz CT molecular complexity index is 316. The summed E-state index contributed by atoms with van der Waals surface area (Å²) >= 11 is 0. The molecule has 0 aromatic heterocycles. The maximum atomic E-state index is 10.7. The highest BCUT2D eigenvalue weighted by atomic mass is 16.3. The lowest BCUT2D eigenvalue weighted by molar-refractivity contribution is 0.112. The fourth-order valence-electron chi connectivity index (χ4n) is 1.40. The van der Waals surface area contributed by atoms with E-state index < -0.39 is 0 Å². The van der Waals surface area contributed by atoms with E-state index in [1.807, 2.05) is 6.07 Å². The van der Waals surface area contributed by atoms with Crippen LogP contribution in [-0.2, 0) is 6.42 Å². The summed E-state index contributed by atoms with van der Waals surface area (Å²) in [6, 6.07) is 5.21. The summed E-state index contributed by atoms with van der Waals surface area (Å²) in [5, 5.41) is 9.43. The van der Waals surface area contributed by atoms with Crippen molar-refractivity contribution < 1.29 is 9.90 Å². The number of hydrogen-bond acceptors (Lipinski definition) is 2. The van der Waals surface area contributed by atoms with E-state index >= 15 is 0 Å². The molecule has 2 nitrogen and oxygen atoms in total. The van der Waals surface area contributed by atoms with Crippen molar-refractivity contribution >= 4 is 6.29 Å². The average Bonchev–Trinajstić information content (AvgIpc) is 2.14. The van der Waals surface area contributed by atoms with Crippen LogP contribution < -0.4 is 0 Å². The average molecular weight is 192 g/mol. The van der Waals surface area contributed by atoms with Crippen molar-refractivity contribution in [2.75, 3.05) is 0 Å². The van der Waals surface area contributed by atoms with Crippen LogP contribution in [0, 0.1) is 5.92 Å². The third-order valence-electron chi connectivity index (χ3n) is 2.28. The van der Waals surface area contributed by atoms with Gasteiger partial charge in [0.2, 0.25) is 0 Å². The summed E-state index contributed by atoms with van der Waals surface area (Å²) in [4.78, 5) is 10.7. The molecule has 0 aliphatic heterocycles. The van der Waals surface area contributed by atoms with E-state index in [2.05, 4.69) is 13.8 Å². The molecule has 0 spiro atoms. The number of benzene rings is 1. The SMILES string of the molecule is CC(C)CCc1cccc(O)c1C=O. The molecule has 0 aliphatic carbocycles. The second-order valence-electron chi connectivity index (χ2n) is 3.90. The highest BCUT2D eigenvalue weighted by Crippen LogP contribution is 2.21. The molecule has 0 heterocycles. The Morgan fingerprint density at radius 1 is 1.43 bits per heavy atom. The van der Waals surface area contributed by atoms with E-state index in [-0.39, 0.29) is 5.75 Å². The van der Waals surface area contributed by atoms with E-state index in [1.165, 1.54) is 0 Å². The van der Waals surface area contributed by atoms with Crippen molar-refractivity contribution in [1.82, 2.24) is 0 Å². The summed E-state index contributed by atoms with van der Waals surface area (Å²) in [5.74, 6) is 0.693. The first-order valence-corrected chi connectivity index (χ1v) is 4.91. The van der Waals surface area contributed by atoms with Gasteiger partial charge in [0.25, 0.3) is 0 Å². The first kappa shape index (κ1) is 10.8. The van der Waals surface area contributed by atoms with Crippen molar-refractivity contribution in [2.24, 2.45) is 5.92 Å². The second kappa shape index (κ2) is 4.80. The molecule has 1 rings (SSSR count). The van der Waals surface area contributed by atoms with Crippen LogP contribution in [0.4, 0.5) is 0 Å². The number of carbonyl (C=O) groups is 1. The number of aldehydes is 1. The molecule has 1 N–H and O–H groups in total. The van der Waals surface area contributed by atoms with E-state index in [1.54, 1.807) is 12.1 Å². The summed E-state index contributed by atoms with van der Waals surface area (Å²) in [6.07, 6.45) is 2.61. The highest BCUT2D eigenvalue weighted by Gasteiger charge is 2.06. The van der Waals surface area contributed by atoms with Crippen LogP contribution in [-0.4, -0.2) is 11.4 Å². The summed E-state index contributed by atoms with van der Waals surface area (Å²) in [7, 11) is 0. The maximum absolute atomic E-state index is 10.7. The van der Waals surface area contributed by atoms with Gasteiger partial charge in [-0.05, 0) is 30.4 Å². The van der Waals surface area contributed by atoms with Gasteiger partial charge in [-0.1, -0.05) is 26.0 Å². The molecule has 2 heteroatoms. The van der Waals surface area contributed by atoms with Crippen molar-refractivity contribution in [3.05, 3.63) is 29.3 Å². The molecule has 0 radical (unpaired) electrons. The normalized spacial score (nSPS) is 10.5. The van der Waals surface area contributed by atoms with E-state index in [4.69, 9.17) is 0 Å². The molecule has 1 aromatic carbocycles. The molecule has 14 heavy (non-hydrogen) atoms. The minimum atomic E-state index is 0.0845. The number of aromatic hydroxyl groups is 1. The molecule has 0 amide bonds. The fraction of sp³-hybridized carbons (Fsp3) is 0.417. The highest BCUT2D eigenvalue weighted by molar-refractivity contribution is 5.81. The Morgan fingerprint density at radius 3 is 2.71 bits per heavy atom. The van der Waals surface area contributed by atoms with Crippen LogP contribution >= 0.6 is 0 Å². The van der Waals surface area contributed by atoms with Crippen LogP contribution in [0.1, 0.15) is 36.2 Å². The topological polar surface area (TPSA) is 37.3 Å². The van der Waals surface area contributed by atoms with Crippen molar-refractivity contribution in [2.45, 2.75) is 26.7 Å². The van der Waals surface area contributed by atoms with Gasteiger partial charge in [-0.2, -0.15) is 0 Å². The van der Waals surface area contributed by atoms with Crippen LogP contribution in [0.25, 0.3) is 0 Å². The molecule has 0 saturated heterocycles. The van der Waals surface area contributed by atoms with Gasteiger partial charge < -0.3 is 5.11 Å². The lowest BCUT2D eigenvalue weighted by Crippen LogP contribution is -1.96. The van der Waals surface area contributed by atoms with E-state index in [0.717, 1.165) is 24.7 Å². The smallest absolute Gasteiger partial charge is 0.154 e. The number of carbonyl (C=O) groups excluding carboxylic acids is 1. The van der Waals surface area contributed by atoms with Crippen LogP contribution in [0.5, 0.6) is 5.75 Å². The number of hydrogen-bond donors (Lipinski definition) is 1. The molecule has 0 fully saturated rings. The van der Waals surface area contributed by atoms with Gasteiger partial charge in [-0.15, -0.1) is 0 Å². The predicted octanol–water partition coefficient (Wildman–Crippen LogP) is 2.79. The Hall–Kier alpha value is -1.31. The molecular formula is C12H16O2. The molecule has 1 aromatic rings. The van der Waals surface area contributed by atoms with Gasteiger partial charge in [0.15, 0.2) is 6.29 Å². The predicted molar refractivity (Wildman–Crippen MR) is 56.7 cm³/mol. The van der Waals surface area contributed by atoms with Crippen molar-refractivity contribution in [3.8, 4) is 5.75 Å². The maximum Gasteiger partial charge on any atom is 0.154 e.